The maximum atomic E-state index is 5.65. The van der Waals surface area contributed by atoms with Gasteiger partial charge >= 0.3 is 0 Å². The van der Waals surface area contributed by atoms with Crippen molar-refractivity contribution in [3.05, 3.63) is 23.8 Å². The average Bonchev–Trinajstić information content (AvgIpc) is 2.28. The Kier molecular flexibility index (Phi) is 3.79. The molecule has 0 aliphatic rings. The van der Waals surface area contributed by atoms with Crippen molar-refractivity contribution >= 4 is 5.84 Å². The molecule has 5 heteroatoms. The third-order valence-corrected chi connectivity index (χ3v) is 1.87. The summed E-state index contributed by atoms with van der Waals surface area (Å²) in [5.41, 5.74) is 6.37. The van der Waals surface area contributed by atoms with E-state index >= 15 is 0 Å². The summed E-state index contributed by atoms with van der Waals surface area (Å²) in [7, 11) is 4.57. The van der Waals surface area contributed by atoms with Crippen LogP contribution in [0.2, 0.25) is 0 Å². The van der Waals surface area contributed by atoms with Crippen LogP contribution in [0.5, 0.6) is 11.5 Å². The van der Waals surface area contributed by atoms with Gasteiger partial charge in [-0.15, -0.1) is 0 Å². The summed E-state index contributed by atoms with van der Waals surface area (Å²) in [6, 6.07) is 5.27. The van der Waals surface area contributed by atoms with Crippen LogP contribution in [0.4, 0.5) is 0 Å². The summed E-state index contributed by atoms with van der Waals surface area (Å²) in [5, 5.41) is 3.62. The van der Waals surface area contributed by atoms with Crippen LogP contribution in [0, 0.1) is 0 Å². The second-order valence-electron chi connectivity index (χ2n) is 2.73. The van der Waals surface area contributed by atoms with Crippen molar-refractivity contribution < 1.29 is 14.3 Å². The quantitative estimate of drug-likeness (QED) is 0.457. The standard InChI is InChI=1S/C10H14N2O3/c1-13-8-5-4-7(6-9(8)14-2)10(11)12-15-3/h4-6H,1-3H3,(H2,11,12). The summed E-state index contributed by atoms with van der Waals surface area (Å²) in [6.07, 6.45) is 0. The molecule has 5 nitrogen and oxygen atoms in total. The van der Waals surface area contributed by atoms with Crippen molar-refractivity contribution in [1.82, 2.24) is 0 Å². The number of oxime groups is 1. The van der Waals surface area contributed by atoms with E-state index in [9.17, 15) is 0 Å². The molecule has 0 saturated carbocycles. The van der Waals surface area contributed by atoms with Gasteiger partial charge in [-0.05, 0) is 18.2 Å². The molecule has 1 aromatic carbocycles. The van der Waals surface area contributed by atoms with Gasteiger partial charge in [0.1, 0.15) is 7.11 Å². The number of benzene rings is 1. The van der Waals surface area contributed by atoms with Gasteiger partial charge in [0.25, 0.3) is 0 Å². The van der Waals surface area contributed by atoms with Crippen LogP contribution in [-0.4, -0.2) is 27.2 Å². The highest BCUT2D eigenvalue weighted by atomic mass is 16.6. The van der Waals surface area contributed by atoms with Crippen LogP contribution >= 0.6 is 0 Å². The molecule has 82 valence electrons. The third-order valence-electron chi connectivity index (χ3n) is 1.87. The summed E-state index contributed by atoms with van der Waals surface area (Å²) in [5.74, 6) is 1.54. The van der Waals surface area contributed by atoms with Crippen LogP contribution in [-0.2, 0) is 4.84 Å². The zero-order valence-corrected chi connectivity index (χ0v) is 8.98. The van der Waals surface area contributed by atoms with Gasteiger partial charge in [0, 0.05) is 5.56 Å². The highest BCUT2D eigenvalue weighted by Gasteiger charge is 2.06. The molecule has 1 aromatic rings. The minimum atomic E-state index is 0.290. The Hall–Kier alpha value is -1.91. The smallest absolute Gasteiger partial charge is 0.170 e. The Bertz CT molecular complexity index is 364. The second-order valence-corrected chi connectivity index (χ2v) is 2.73. The molecule has 0 amide bonds. The van der Waals surface area contributed by atoms with Gasteiger partial charge < -0.3 is 20.0 Å². The van der Waals surface area contributed by atoms with Crippen molar-refractivity contribution in [2.45, 2.75) is 0 Å². The predicted molar refractivity (Wildman–Crippen MR) is 57.3 cm³/mol. The molecule has 0 spiro atoms. The summed E-state index contributed by atoms with van der Waals surface area (Å²) < 4.78 is 10.2. The van der Waals surface area contributed by atoms with Crippen molar-refractivity contribution in [1.29, 1.82) is 0 Å². The normalized spacial score (nSPS) is 11.0. The number of rotatable bonds is 4. The molecule has 15 heavy (non-hydrogen) atoms. The molecule has 0 bridgehead atoms. The Balaban J connectivity index is 3.08. The Morgan fingerprint density at radius 2 is 1.80 bits per heavy atom. The predicted octanol–water partition coefficient (Wildman–Crippen LogP) is 0.971. The minimum Gasteiger partial charge on any atom is -0.493 e. The number of nitrogens with zero attached hydrogens (tertiary/aromatic N) is 1. The minimum absolute atomic E-state index is 0.290. The lowest BCUT2D eigenvalue weighted by atomic mass is 10.2. The Morgan fingerprint density at radius 3 is 2.33 bits per heavy atom. The third kappa shape index (κ3) is 2.52. The van der Waals surface area contributed by atoms with Gasteiger partial charge in [-0.25, -0.2) is 0 Å². The first kappa shape index (κ1) is 11.2. The fourth-order valence-electron chi connectivity index (χ4n) is 1.15. The highest BCUT2D eigenvalue weighted by molar-refractivity contribution is 5.97. The molecule has 2 N–H and O–H groups in total. The van der Waals surface area contributed by atoms with Crippen molar-refractivity contribution in [3.8, 4) is 11.5 Å². The average molecular weight is 210 g/mol. The monoisotopic (exact) mass is 210 g/mol. The van der Waals surface area contributed by atoms with E-state index in [2.05, 4.69) is 9.99 Å². The first-order valence-corrected chi connectivity index (χ1v) is 4.32. The summed E-state index contributed by atoms with van der Waals surface area (Å²) in [4.78, 5) is 4.58. The molecule has 0 heterocycles. The first-order valence-electron chi connectivity index (χ1n) is 4.32. The number of ether oxygens (including phenoxy) is 2. The lowest BCUT2D eigenvalue weighted by molar-refractivity contribution is 0.213. The molecular weight excluding hydrogens is 196 g/mol. The van der Waals surface area contributed by atoms with Crippen molar-refractivity contribution in [3.63, 3.8) is 0 Å². The van der Waals surface area contributed by atoms with E-state index in [0.29, 0.717) is 17.3 Å². The van der Waals surface area contributed by atoms with Crippen LogP contribution in [0.15, 0.2) is 23.4 Å². The fraction of sp³-hybridized carbons (Fsp3) is 0.300. The topological polar surface area (TPSA) is 66.1 Å². The number of amidine groups is 1. The van der Waals surface area contributed by atoms with Gasteiger partial charge in [0.2, 0.25) is 0 Å². The highest BCUT2D eigenvalue weighted by Crippen LogP contribution is 2.27. The molecule has 1 rings (SSSR count). The maximum absolute atomic E-state index is 5.65. The molecule has 0 fully saturated rings. The lowest BCUT2D eigenvalue weighted by Gasteiger charge is -2.08. The first-order chi connectivity index (χ1) is 7.22. The number of hydrogen-bond donors (Lipinski definition) is 1. The molecule has 0 radical (unpaired) electrons. The van der Waals surface area contributed by atoms with Gasteiger partial charge in [-0.2, -0.15) is 0 Å². The van der Waals surface area contributed by atoms with Crippen LogP contribution in [0.25, 0.3) is 0 Å². The van der Waals surface area contributed by atoms with E-state index < -0.39 is 0 Å². The van der Waals surface area contributed by atoms with Crippen LogP contribution in [0.1, 0.15) is 5.56 Å². The SMILES string of the molecule is CO/N=C(\N)c1ccc(OC)c(OC)c1. The van der Waals surface area contributed by atoms with E-state index in [4.69, 9.17) is 15.2 Å². The van der Waals surface area contributed by atoms with Crippen molar-refractivity contribution in [2.24, 2.45) is 10.9 Å². The van der Waals surface area contributed by atoms with E-state index in [0.717, 1.165) is 5.56 Å². The Morgan fingerprint density at radius 1 is 1.13 bits per heavy atom. The summed E-state index contributed by atoms with van der Waals surface area (Å²) >= 11 is 0. The second kappa shape index (κ2) is 5.09. The number of methoxy groups -OCH3 is 2. The molecule has 0 aromatic heterocycles. The number of hydrogen-bond acceptors (Lipinski definition) is 4. The van der Waals surface area contributed by atoms with E-state index in [1.807, 2.05) is 0 Å². The van der Waals surface area contributed by atoms with Crippen molar-refractivity contribution in [2.75, 3.05) is 21.3 Å². The van der Waals surface area contributed by atoms with Crippen LogP contribution in [0.3, 0.4) is 0 Å². The Labute approximate surface area is 88.4 Å². The molecular formula is C10H14N2O3. The molecule has 0 saturated heterocycles. The van der Waals surface area contributed by atoms with Gasteiger partial charge in [-0.3, -0.25) is 0 Å². The zero-order chi connectivity index (χ0) is 11.3. The fourth-order valence-corrected chi connectivity index (χ4v) is 1.15. The summed E-state index contributed by atoms with van der Waals surface area (Å²) in [6.45, 7) is 0. The molecule has 0 atom stereocenters. The van der Waals surface area contributed by atoms with Gasteiger partial charge in [-0.1, -0.05) is 5.16 Å². The van der Waals surface area contributed by atoms with E-state index in [1.165, 1.54) is 7.11 Å². The lowest BCUT2D eigenvalue weighted by Crippen LogP contribution is -2.13. The van der Waals surface area contributed by atoms with Gasteiger partial charge in [0.05, 0.1) is 14.2 Å². The van der Waals surface area contributed by atoms with E-state index in [-0.39, 0.29) is 0 Å². The van der Waals surface area contributed by atoms with Crippen LogP contribution < -0.4 is 15.2 Å². The van der Waals surface area contributed by atoms with E-state index in [1.54, 1.807) is 32.4 Å². The molecule has 0 unspecified atom stereocenters. The molecule has 0 aliphatic heterocycles. The van der Waals surface area contributed by atoms with Gasteiger partial charge in [0.15, 0.2) is 17.3 Å². The largest absolute Gasteiger partial charge is 0.493 e. The number of nitrogens with two attached hydrogens (primary N) is 1. The maximum Gasteiger partial charge on any atom is 0.170 e. The molecule has 0 aliphatic carbocycles. The zero-order valence-electron chi connectivity index (χ0n) is 8.98.